The Kier molecular flexibility index (Phi) is 2.61. The lowest BCUT2D eigenvalue weighted by Crippen LogP contribution is -2.12. The average molecular weight is 207 g/mol. The van der Waals surface area contributed by atoms with Gasteiger partial charge in [0.05, 0.1) is 5.71 Å². The van der Waals surface area contributed by atoms with E-state index in [1.165, 1.54) is 12.8 Å². The summed E-state index contributed by atoms with van der Waals surface area (Å²) in [4.78, 5) is 5.56. The lowest BCUT2D eigenvalue weighted by atomic mass is 9.90. The second-order valence-corrected chi connectivity index (χ2v) is 5.44. The van der Waals surface area contributed by atoms with Crippen LogP contribution in [0.4, 0.5) is 0 Å². The summed E-state index contributed by atoms with van der Waals surface area (Å²) in [5.74, 6) is 2.11. The van der Waals surface area contributed by atoms with Crippen LogP contribution in [-0.2, 0) is 4.84 Å². The van der Waals surface area contributed by atoms with Crippen molar-refractivity contribution in [2.75, 3.05) is 0 Å². The lowest BCUT2D eigenvalue weighted by Gasteiger charge is -2.19. The molecule has 1 saturated carbocycles. The number of hydrogen-bond acceptors (Lipinski definition) is 2. The predicted molar refractivity (Wildman–Crippen MR) is 62.6 cm³/mol. The van der Waals surface area contributed by atoms with Gasteiger partial charge >= 0.3 is 0 Å². The monoisotopic (exact) mass is 207 g/mol. The van der Waals surface area contributed by atoms with Crippen molar-refractivity contribution < 1.29 is 4.84 Å². The third kappa shape index (κ3) is 2.09. The van der Waals surface area contributed by atoms with Crippen LogP contribution in [0.2, 0.25) is 0 Å². The molecule has 0 aromatic carbocycles. The van der Waals surface area contributed by atoms with Crippen molar-refractivity contribution in [3.63, 3.8) is 0 Å². The smallest absolute Gasteiger partial charge is 0.134 e. The quantitative estimate of drug-likeness (QED) is 0.676. The van der Waals surface area contributed by atoms with E-state index in [2.05, 4.69) is 32.0 Å². The van der Waals surface area contributed by atoms with Gasteiger partial charge in [-0.15, -0.1) is 0 Å². The molecular formula is C13H21NO. The molecule has 2 aliphatic rings. The summed E-state index contributed by atoms with van der Waals surface area (Å²) in [6, 6.07) is 0. The zero-order valence-electron chi connectivity index (χ0n) is 10.2. The first-order chi connectivity index (χ1) is 7.03. The molecule has 2 unspecified atom stereocenters. The minimum atomic E-state index is 0.475. The van der Waals surface area contributed by atoms with Crippen molar-refractivity contribution in [1.29, 1.82) is 0 Å². The van der Waals surface area contributed by atoms with Gasteiger partial charge in [0.2, 0.25) is 0 Å². The lowest BCUT2D eigenvalue weighted by molar-refractivity contribution is 0.167. The maximum atomic E-state index is 5.56. The standard InChI is InChI=1S/C13H21NO/c1-9-5-6-12(15-14-11(9)3)10(2)13(4)7-8-13/h6,9-10H,5,7-8H2,1-4H3. The highest BCUT2D eigenvalue weighted by molar-refractivity contribution is 5.83. The van der Waals surface area contributed by atoms with Gasteiger partial charge in [-0.1, -0.05) is 25.9 Å². The first-order valence-electron chi connectivity index (χ1n) is 5.94. The van der Waals surface area contributed by atoms with Crippen LogP contribution in [0, 0.1) is 17.3 Å². The van der Waals surface area contributed by atoms with Gasteiger partial charge in [0.15, 0.2) is 0 Å². The molecule has 1 aliphatic heterocycles. The maximum Gasteiger partial charge on any atom is 0.134 e. The molecule has 0 bridgehead atoms. The number of hydrogen-bond donors (Lipinski definition) is 0. The van der Waals surface area contributed by atoms with Crippen molar-refractivity contribution in [3.8, 4) is 0 Å². The van der Waals surface area contributed by atoms with Crippen LogP contribution in [0.1, 0.15) is 47.0 Å². The third-order valence-corrected chi connectivity index (χ3v) is 4.19. The fourth-order valence-corrected chi connectivity index (χ4v) is 1.94. The van der Waals surface area contributed by atoms with E-state index < -0.39 is 0 Å². The highest BCUT2D eigenvalue weighted by atomic mass is 16.6. The number of oxime groups is 1. The molecule has 0 saturated heterocycles. The summed E-state index contributed by atoms with van der Waals surface area (Å²) in [7, 11) is 0. The Labute approximate surface area is 92.4 Å². The zero-order chi connectivity index (χ0) is 11.1. The molecule has 0 amide bonds. The summed E-state index contributed by atoms with van der Waals surface area (Å²) in [6.45, 7) is 8.85. The second-order valence-electron chi connectivity index (χ2n) is 5.44. The van der Waals surface area contributed by atoms with E-state index in [1.54, 1.807) is 0 Å². The Hall–Kier alpha value is -0.790. The van der Waals surface area contributed by atoms with Crippen LogP contribution in [0.5, 0.6) is 0 Å². The van der Waals surface area contributed by atoms with E-state index >= 15 is 0 Å². The Bertz CT molecular complexity index is 312. The first kappa shape index (κ1) is 10.7. The van der Waals surface area contributed by atoms with Crippen LogP contribution >= 0.6 is 0 Å². The van der Waals surface area contributed by atoms with Crippen LogP contribution < -0.4 is 0 Å². The Balaban J connectivity index is 2.10. The molecule has 2 rings (SSSR count). The van der Waals surface area contributed by atoms with E-state index in [4.69, 9.17) is 4.84 Å². The molecule has 0 aromatic heterocycles. The number of nitrogens with zero attached hydrogens (tertiary/aromatic N) is 1. The normalized spacial score (nSPS) is 30.8. The predicted octanol–water partition coefficient (Wildman–Crippen LogP) is 3.74. The van der Waals surface area contributed by atoms with E-state index in [1.807, 2.05) is 6.92 Å². The van der Waals surface area contributed by atoms with Gasteiger partial charge in [-0.05, 0) is 37.7 Å². The molecule has 0 spiro atoms. The molecular weight excluding hydrogens is 186 g/mol. The van der Waals surface area contributed by atoms with Crippen LogP contribution in [-0.4, -0.2) is 5.71 Å². The highest BCUT2D eigenvalue weighted by Gasteiger charge is 2.45. The highest BCUT2D eigenvalue weighted by Crippen LogP contribution is 2.54. The Morgan fingerprint density at radius 2 is 2.20 bits per heavy atom. The number of rotatable bonds is 2. The minimum absolute atomic E-state index is 0.475. The van der Waals surface area contributed by atoms with Gasteiger partial charge in [-0.3, -0.25) is 0 Å². The Morgan fingerprint density at radius 1 is 1.53 bits per heavy atom. The maximum absolute atomic E-state index is 5.56. The van der Waals surface area contributed by atoms with Crippen molar-refractivity contribution in [3.05, 3.63) is 11.8 Å². The van der Waals surface area contributed by atoms with Gasteiger partial charge in [0.1, 0.15) is 5.76 Å². The molecule has 1 fully saturated rings. The molecule has 2 heteroatoms. The summed E-state index contributed by atoms with van der Waals surface area (Å²) in [6.07, 6.45) is 5.95. The summed E-state index contributed by atoms with van der Waals surface area (Å²) >= 11 is 0. The van der Waals surface area contributed by atoms with Gasteiger partial charge in [-0.25, -0.2) is 0 Å². The largest absolute Gasteiger partial charge is 0.362 e. The first-order valence-corrected chi connectivity index (χ1v) is 5.94. The molecule has 0 N–H and O–H groups in total. The van der Waals surface area contributed by atoms with E-state index in [9.17, 15) is 0 Å². The number of allylic oxidation sites excluding steroid dienone is 2. The molecule has 2 nitrogen and oxygen atoms in total. The van der Waals surface area contributed by atoms with E-state index in [0.717, 1.165) is 17.9 Å². The van der Waals surface area contributed by atoms with E-state index in [-0.39, 0.29) is 0 Å². The van der Waals surface area contributed by atoms with Crippen molar-refractivity contribution in [1.82, 2.24) is 0 Å². The molecule has 2 atom stereocenters. The van der Waals surface area contributed by atoms with Crippen LogP contribution in [0.25, 0.3) is 0 Å². The zero-order valence-corrected chi connectivity index (χ0v) is 10.2. The fourth-order valence-electron chi connectivity index (χ4n) is 1.94. The van der Waals surface area contributed by atoms with Gasteiger partial charge in [-0.2, -0.15) is 0 Å². The summed E-state index contributed by atoms with van der Waals surface area (Å²) < 4.78 is 0. The van der Waals surface area contributed by atoms with Crippen LogP contribution in [0.3, 0.4) is 0 Å². The van der Waals surface area contributed by atoms with Gasteiger partial charge in [0, 0.05) is 11.8 Å². The van der Waals surface area contributed by atoms with Crippen molar-refractivity contribution in [2.45, 2.75) is 47.0 Å². The minimum Gasteiger partial charge on any atom is -0.362 e. The fraction of sp³-hybridized carbons (Fsp3) is 0.769. The third-order valence-electron chi connectivity index (χ3n) is 4.19. The van der Waals surface area contributed by atoms with Crippen LogP contribution in [0.15, 0.2) is 17.0 Å². The van der Waals surface area contributed by atoms with E-state index in [0.29, 0.717) is 17.3 Å². The molecule has 15 heavy (non-hydrogen) atoms. The molecule has 0 aromatic rings. The van der Waals surface area contributed by atoms with Gasteiger partial charge in [0.25, 0.3) is 0 Å². The summed E-state index contributed by atoms with van der Waals surface area (Å²) in [5.41, 5.74) is 1.58. The SMILES string of the molecule is CC1=NOC(C(C)C2(C)CC2)=CCC1C. The second kappa shape index (κ2) is 3.66. The average Bonchev–Trinajstić information content (AvgIpc) is 2.97. The van der Waals surface area contributed by atoms with Gasteiger partial charge < -0.3 is 4.84 Å². The molecule has 84 valence electrons. The summed E-state index contributed by atoms with van der Waals surface area (Å²) in [5, 5.41) is 4.20. The Morgan fingerprint density at radius 3 is 2.80 bits per heavy atom. The topological polar surface area (TPSA) is 21.6 Å². The molecule has 1 aliphatic carbocycles. The van der Waals surface area contributed by atoms with Crippen molar-refractivity contribution >= 4 is 5.71 Å². The molecule has 0 radical (unpaired) electrons. The molecule has 1 heterocycles. The van der Waals surface area contributed by atoms with Crippen molar-refractivity contribution in [2.24, 2.45) is 22.4 Å².